The van der Waals surface area contributed by atoms with E-state index < -0.39 is 0 Å². The van der Waals surface area contributed by atoms with Crippen LogP contribution in [0.15, 0.2) is 34.0 Å². The number of thiocarbonyl (C=S) groups is 1. The third kappa shape index (κ3) is 3.28. The summed E-state index contributed by atoms with van der Waals surface area (Å²) in [6.07, 6.45) is 5.65. The van der Waals surface area contributed by atoms with Crippen LogP contribution in [0.3, 0.4) is 0 Å². The molecule has 0 radical (unpaired) electrons. The smallest absolute Gasteiger partial charge is 0.291 e. The molecule has 124 valence electrons. The van der Waals surface area contributed by atoms with E-state index in [0.717, 1.165) is 41.9 Å². The molecule has 0 spiro atoms. The molecule has 3 rings (SSSR count). The van der Waals surface area contributed by atoms with Gasteiger partial charge in [-0.05, 0) is 44.1 Å². The van der Waals surface area contributed by atoms with Gasteiger partial charge in [0.15, 0.2) is 10.9 Å². The number of nitrogens with two attached hydrogens (primary N) is 1. The maximum Gasteiger partial charge on any atom is 0.291 e. The van der Waals surface area contributed by atoms with E-state index in [2.05, 4.69) is 20.8 Å². The number of aryl methyl sites for hydroxylation is 1. The highest BCUT2D eigenvalue weighted by atomic mass is 32.1. The molecule has 0 unspecified atom stereocenters. The molecule has 1 aliphatic carbocycles. The summed E-state index contributed by atoms with van der Waals surface area (Å²) in [4.78, 5) is 16.5. The highest BCUT2D eigenvalue weighted by Gasteiger charge is 2.28. The first-order chi connectivity index (χ1) is 11.6. The van der Waals surface area contributed by atoms with Crippen molar-refractivity contribution < 1.29 is 9.21 Å². The largest absolute Gasteiger partial charge is 0.455 e. The minimum absolute atomic E-state index is 0.102. The van der Waals surface area contributed by atoms with E-state index in [1.165, 1.54) is 0 Å². The monoisotopic (exact) mass is 343 g/mol. The van der Waals surface area contributed by atoms with Crippen LogP contribution in [0.1, 0.15) is 40.3 Å². The molecule has 2 aromatic heterocycles. The van der Waals surface area contributed by atoms with Crippen molar-refractivity contribution in [2.24, 2.45) is 10.8 Å². The Balaban J connectivity index is 1.90. The number of hydrogen-bond donors (Lipinski definition) is 3. The molecule has 2 heterocycles. The quantitative estimate of drug-likeness (QED) is 0.582. The molecular weight excluding hydrogens is 326 g/mol. The minimum Gasteiger partial charge on any atom is -0.455 e. The Morgan fingerprint density at radius 2 is 2.29 bits per heavy atom. The van der Waals surface area contributed by atoms with E-state index >= 15 is 0 Å². The third-order valence-corrected chi connectivity index (χ3v) is 3.84. The average molecular weight is 343 g/mol. The molecule has 0 saturated heterocycles. The van der Waals surface area contributed by atoms with Crippen molar-refractivity contribution in [1.82, 2.24) is 10.4 Å². The standard InChI is InChI=1S/C16H17N5O2S/c1-9-13-11(20-21-16(17)24)5-2-6-12(13)23-14(9)15(22)19-10-4-3-7-18-8-10/h3-4,7-8H,2,5-6H2,1H3,(H,19,22)(H3,17,21,24)/b20-11+. The molecule has 0 fully saturated rings. The summed E-state index contributed by atoms with van der Waals surface area (Å²) in [6.45, 7) is 1.85. The lowest BCUT2D eigenvalue weighted by Gasteiger charge is -2.13. The normalized spacial score (nSPS) is 15.0. The second kappa shape index (κ2) is 6.79. The minimum atomic E-state index is -0.309. The number of rotatable bonds is 3. The molecule has 1 amide bonds. The molecule has 7 nitrogen and oxygen atoms in total. The summed E-state index contributed by atoms with van der Waals surface area (Å²) in [7, 11) is 0. The van der Waals surface area contributed by atoms with Gasteiger partial charge in [0, 0.05) is 23.7 Å². The van der Waals surface area contributed by atoms with Crippen molar-refractivity contribution in [1.29, 1.82) is 0 Å². The highest BCUT2D eigenvalue weighted by molar-refractivity contribution is 7.80. The highest BCUT2D eigenvalue weighted by Crippen LogP contribution is 2.30. The average Bonchev–Trinajstić information content (AvgIpc) is 2.91. The summed E-state index contributed by atoms with van der Waals surface area (Å²) in [5.74, 6) is 0.740. The molecule has 1 aliphatic rings. The van der Waals surface area contributed by atoms with Crippen LogP contribution in [-0.2, 0) is 6.42 Å². The van der Waals surface area contributed by atoms with Crippen molar-refractivity contribution in [3.05, 3.63) is 47.2 Å². The van der Waals surface area contributed by atoms with Crippen molar-refractivity contribution in [3.8, 4) is 0 Å². The van der Waals surface area contributed by atoms with Gasteiger partial charge >= 0.3 is 0 Å². The molecule has 0 bridgehead atoms. The summed E-state index contributed by atoms with van der Waals surface area (Å²) in [6, 6.07) is 3.52. The number of hydrazone groups is 1. The van der Waals surface area contributed by atoms with Gasteiger partial charge in [-0.1, -0.05) is 0 Å². The van der Waals surface area contributed by atoms with E-state index in [1.54, 1.807) is 24.5 Å². The predicted molar refractivity (Wildman–Crippen MR) is 95.0 cm³/mol. The fourth-order valence-electron chi connectivity index (χ4n) is 2.74. The van der Waals surface area contributed by atoms with Crippen LogP contribution in [0, 0.1) is 6.92 Å². The van der Waals surface area contributed by atoms with Gasteiger partial charge in [0.05, 0.1) is 17.6 Å². The number of anilines is 1. The van der Waals surface area contributed by atoms with Crippen molar-refractivity contribution in [3.63, 3.8) is 0 Å². The molecule has 8 heteroatoms. The maximum absolute atomic E-state index is 12.5. The van der Waals surface area contributed by atoms with Crippen LogP contribution in [-0.4, -0.2) is 21.7 Å². The topological polar surface area (TPSA) is 106 Å². The summed E-state index contributed by atoms with van der Waals surface area (Å²) >= 11 is 4.78. The number of hydrogen-bond acceptors (Lipinski definition) is 5. The second-order valence-corrected chi connectivity index (χ2v) is 5.88. The van der Waals surface area contributed by atoms with Crippen LogP contribution in [0.4, 0.5) is 5.69 Å². The Labute approximate surface area is 144 Å². The number of furan rings is 1. The number of amides is 1. The Kier molecular flexibility index (Phi) is 4.57. The number of nitrogens with zero attached hydrogens (tertiary/aromatic N) is 2. The maximum atomic E-state index is 12.5. The Bertz CT molecular complexity index is 813. The van der Waals surface area contributed by atoms with E-state index in [0.29, 0.717) is 5.69 Å². The Hall–Kier alpha value is -2.74. The van der Waals surface area contributed by atoms with Gasteiger partial charge in [-0.2, -0.15) is 5.10 Å². The van der Waals surface area contributed by atoms with E-state index in [4.69, 9.17) is 22.4 Å². The Morgan fingerprint density at radius 3 is 3.00 bits per heavy atom. The third-order valence-electron chi connectivity index (χ3n) is 3.75. The fraction of sp³-hybridized carbons (Fsp3) is 0.250. The summed E-state index contributed by atoms with van der Waals surface area (Å²) < 4.78 is 5.80. The van der Waals surface area contributed by atoms with Gasteiger partial charge in [0.1, 0.15) is 5.76 Å². The lowest BCUT2D eigenvalue weighted by atomic mass is 9.93. The molecule has 24 heavy (non-hydrogen) atoms. The fourth-order valence-corrected chi connectivity index (χ4v) is 2.79. The molecule has 0 atom stereocenters. The second-order valence-electron chi connectivity index (χ2n) is 5.44. The molecule has 0 aliphatic heterocycles. The molecule has 0 aromatic carbocycles. The first-order valence-electron chi connectivity index (χ1n) is 7.52. The van der Waals surface area contributed by atoms with Gasteiger partial charge in [0.2, 0.25) is 0 Å². The first kappa shape index (κ1) is 16.1. The van der Waals surface area contributed by atoms with E-state index in [1.807, 2.05) is 6.92 Å². The van der Waals surface area contributed by atoms with Gasteiger partial charge in [0.25, 0.3) is 5.91 Å². The Morgan fingerprint density at radius 1 is 1.46 bits per heavy atom. The number of aromatic nitrogens is 1. The molecule has 4 N–H and O–H groups in total. The molecule has 2 aromatic rings. The number of pyridine rings is 1. The van der Waals surface area contributed by atoms with E-state index in [-0.39, 0.29) is 16.8 Å². The zero-order chi connectivity index (χ0) is 17.1. The zero-order valence-corrected chi connectivity index (χ0v) is 13.9. The van der Waals surface area contributed by atoms with Crippen LogP contribution in [0.5, 0.6) is 0 Å². The SMILES string of the molecule is Cc1c(C(=O)Nc2cccnc2)oc2c1/C(=N/NC(N)=S)CCC2. The van der Waals surface area contributed by atoms with Crippen LogP contribution in [0.2, 0.25) is 0 Å². The van der Waals surface area contributed by atoms with Gasteiger partial charge < -0.3 is 15.5 Å². The first-order valence-corrected chi connectivity index (χ1v) is 7.93. The van der Waals surface area contributed by atoms with Gasteiger partial charge in [-0.15, -0.1) is 0 Å². The van der Waals surface area contributed by atoms with Gasteiger partial charge in [-0.25, -0.2) is 0 Å². The lowest BCUT2D eigenvalue weighted by molar-refractivity contribution is 0.0994. The summed E-state index contributed by atoms with van der Waals surface area (Å²) in [5.41, 5.74) is 11.1. The van der Waals surface area contributed by atoms with Crippen molar-refractivity contribution in [2.45, 2.75) is 26.2 Å². The van der Waals surface area contributed by atoms with Crippen molar-refractivity contribution >= 4 is 34.6 Å². The summed E-state index contributed by atoms with van der Waals surface area (Å²) in [5, 5.41) is 7.12. The van der Waals surface area contributed by atoms with Crippen molar-refractivity contribution in [2.75, 3.05) is 5.32 Å². The predicted octanol–water partition coefficient (Wildman–Crippen LogP) is 2.11. The van der Waals surface area contributed by atoms with E-state index in [9.17, 15) is 4.79 Å². The molecule has 0 saturated carbocycles. The van der Waals surface area contributed by atoms with Crippen LogP contribution in [0.25, 0.3) is 0 Å². The number of carbonyl (C=O) groups excluding carboxylic acids is 1. The zero-order valence-electron chi connectivity index (χ0n) is 13.1. The van der Waals surface area contributed by atoms with Crippen LogP contribution >= 0.6 is 12.2 Å². The number of nitrogens with one attached hydrogen (secondary N) is 2. The van der Waals surface area contributed by atoms with Crippen LogP contribution < -0.4 is 16.5 Å². The molecular formula is C16H17N5O2S. The number of carbonyl (C=O) groups is 1. The van der Waals surface area contributed by atoms with Gasteiger partial charge in [-0.3, -0.25) is 15.2 Å². The lowest BCUT2D eigenvalue weighted by Crippen LogP contribution is -2.26. The number of fused-ring (bicyclic) bond motifs is 1.